The molecule has 1 aromatic rings. The van der Waals surface area contributed by atoms with Crippen molar-refractivity contribution in [3.05, 3.63) is 23.8 Å². The van der Waals surface area contributed by atoms with E-state index in [-0.39, 0.29) is 11.8 Å². The molecular weight excluding hydrogens is 216 g/mol. The predicted octanol–water partition coefficient (Wildman–Crippen LogP) is 1.64. The van der Waals surface area contributed by atoms with Crippen LogP contribution in [0.15, 0.2) is 18.2 Å². The molecule has 0 saturated carbocycles. The number of benzene rings is 1. The number of nitrogens with two attached hydrogens (primary N) is 1. The van der Waals surface area contributed by atoms with Gasteiger partial charge in [0.05, 0.1) is 6.10 Å². The van der Waals surface area contributed by atoms with Gasteiger partial charge in [-0.1, -0.05) is 6.07 Å². The van der Waals surface area contributed by atoms with Crippen molar-refractivity contribution in [3.63, 3.8) is 0 Å². The molecule has 1 saturated heterocycles. The average molecular weight is 236 g/mol. The molecule has 0 radical (unpaired) electrons. The zero-order chi connectivity index (χ0) is 12.4. The minimum absolute atomic E-state index is 0.144. The Morgan fingerprint density at radius 2 is 2.29 bits per heavy atom. The van der Waals surface area contributed by atoms with Gasteiger partial charge in [-0.25, -0.2) is 0 Å². The monoisotopic (exact) mass is 236 g/mol. The number of hydrogen-bond donors (Lipinski definition) is 2. The van der Waals surface area contributed by atoms with Crippen LogP contribution in [0.1, 0.15) is 24.9 Å². The third-order valence-corrected chi connectivity index (χ3v) is 3.35. The van der Waals surface area contributed by atoms with Gasteiger partial charge < -0.3 is 20.5 Å². The van der Waals surface area contributed by atoms with Crippen LogP contribution in [0.3, 0.4) is 0 Å². The fourth-order valence-corrected chi connectivity index (χ4v) is 2.27. The normalized spacial score (nSPS) is 21.8. The number of hydrogen-bond acceptors (Lipinski definition) is 4. The Morgan fingerprint density at radius 1 is 1.53 bits per heavy atom. The lowest BCUT2D eigenvalue weighted by Gasteiger charge is -2.20. The van der Waals surface area contributed by atoms with Gasteiger partial charge in [0.15, 0.2) is 0 Å². The summed E-state index contributed by atoms with van der Waals surface area (Å²) in [5, 5.41) is 9.91. The zero-order valence-electron chi connectivity index (χ0n) is 10.4. The molecule has 2 atom stereocenters. The molecular formula is C13H20N2O2. The molecule has 1 aliphatic heterocycles. The summed E-state index contributed by atoms with van der Waals surface area (Å²) in [6, 6.07) is 5.55. The molecule has 4 nitrogen and oxygen atoms in total. The molecule has 0 aromatic heterocycles. The first kappa shape index (κ1) is 12.2. The third kappa shape index (κ3) is 2.53. The van der Waals surface area contributed by atoms with Crippen LogP contribution in [0.5, 0.6) is 5.75 Å². The quantitative estimate of drug-likeness (QED) is 0.837. The average Bonchev–Trinajstić information content (AvgIpc) is 2.76. The van der Waals surface area contributed by atoms with E-state index >= 15 is 0 Å². The van der Waals surface area contributed by atoms with Gasteiger partial charge in [0.1, 0.15) is 5.75 Å². The maximum absolute atomic E-state index is 9.91. The number of rotatable bonds is 3. The summed E-state index contributed by atoms with van der Waals surface area (Å²) in [4.78, 5) is 2.22. The minimum Gasteiger partial charge on any atom is -0.508 e. The number of aromatic hydroxyl groups is 1. The maximum Gasteiger partial charge on any atom is 0.122 e. The number of methoxy groups -OCH3 is 1. The molecule has 2 rings (SSSR count). The highest BCUT2D eigenvalue weighted by Gasteiger charge is 2.22. The number of anilines is 1. The minimum atomic E-state index is -0.144. The molecule has 1 heterocycles. The summed E-state index contributed by atoms with van der Waals surface area (Å²) in [5.74, 6) is 0.276. The summed E-state index contributed by atoms with van der Waals surface area (Å²) in [5.41, 5.74) is 7.59. The highest BCUT2D eigenvalue weighted by atomic mass is 16.5. The van der Waals surface area contributed by atoms with Gasteiger partial charge in [0.2, 0.25) is 0 Å². The fourth-order valence-electron chi connectivity index (χ4n) is 2.27. The van der Waals surface area contributed by atoms with Crippen molar-refractivity contribution in [1.82, 2.24) is 0 Å². The Kier molecular flexibility index (Phi) is 3.54. The lowest BCUT2D eigenvalue weighted by molar-refractivity contribution is 0.121. The Bertz CT molecular complexity index is 393. The van der Waals surface area contributed by atoms with Crippen LogP contribution < -0.4 is 10.6 Å². The van der Waals surface area contributed by atoms with E-state index < -0.39 is 0 Å². The second kappa shape index (κ2) is 4.94. The number of phenolic OH excluding ortho intramolecular Hbond substituents is 1. The maximum atomic E-state index is 9.91. The van der Waals surface area contributed by atoms with Crippen LogP contribution in [0.4, 0.5) is 5.69 Å². The van der Waals surface area contributed by atoms with Crippen molar-refractivity contribution in [3.8, 4) is 5.75 Å². The number of phenols is 1. The fraction of sp³-hybridized carbons (Fsp3) is 0.538. The van der Waals surface area contributed by atoms with Gasteiger partial charge in [-0.15, -0.1) is 0 Å². The summed E-state index contributed by atoms with van der Waals surface area (Å²) in [7, 11) is 1.74. The van der Waals surface area contributed by atoms with E-state index in [1.807, 2.05) is 19.1 Å². The van der Waals surface area contributed by atoms with Crippen molar-refractivity contribution in [2.45, 2.75) is 25.5 Å². The molecule has 1 aromatic carbocycles. The van der Waals surface area contributed by atoms with E-state index in [9.17, 15) is 5.11 Å². The van der Waals surface area contributed by atoms with E-state index in [1.54, 1.807) is 13.2 Å². The van der Waals surface area contributed by atoms with Crippen molar-refractivity contribution in [1.29, 1.82) is 0 Å². The van der Waals surface area contributed by atoms with Gasteiger partial charge in [-0.05, 0) is 19.4 Å². The SMILES string of the molecule is COC1CCN(c2ccc(C(C)N)c(O)c2)C1. The topological polar surface area (TPSA) is 58.7 Å². The summed E-state index contributed by atoms with van der Waals surface area (Å²) >= 11 is 0. The first-order chi connectivity index (χ1) is 8.11. The molecule has 2 unspecified atom stereocenters. The highest BCUT2D eigenvalue weighted by Crippen LogP contribution is 2.30. The van der Waals surface area contributed by atoms with Gasteiger partial charge in [0.25, 0.3) is 0 Å². The summed E-state index contributed by atoms with van der Waals surface area (Å²) < 4.78 is 5.33. The van der Waals surface area contributed by atoms with E-state index in [0.29, 0.717) is 6.10 Å². The predicted molar refractivity (Wildman–Crippen MR) is 68.3 cm³/mol. The second-order valence-electron chi connectivity index (χ2n) is 4.62. The molecule has 17 heavy (non-hydrogen) atoms. The molecule has 0 spiro atoms. The van der Waals surface area contributed by atoms with Crippen LogP contribution in [-0.2, 0) is 4.74 Å². The van der Waals surface area contributed by atoms with Crippen LogP contribution in [0, 0.1) is 0 Å². The largest absolute Gasteiger partial charge is 0.508 e. The van der Waals surface area contributed by atoms with Crippen molar-refractivity contribution < 1.29 is 9.84 Å². The summed E-state index contributed by atoms with van der Waals surface area (Å²) in [6.45, 7) is 3.72. The van der Waals surface area contributed by atoms with Gasteiger partial charge in [-0.2, -0.15) is 0 Å². The Balaban J connectivity index is 2.15. The molecule has 4 heteroatoms. The Morgan fingerprint density at radius 3 is 2.82 bits per heavy atom. The zero-order valence-corrected chi connectivity index (χ0v) is 10.4. The molecule has 1 fully saturated rings. The Labute approximate surface area is 102 Å². The second-order valence-corrected chi connectivity index (χ2v) is 4.62. The van der Waals surface area contributed by atoms with Gasteiger partial charge >= 0.3 is 0 Å². The van der Waals surface area contributed by atoms with E-state index in [1.165, 1.54) is 0 Å². The summed E-state index contributed by atoms with van der Waals surface area (Å²) in [6.07, 6.45) is 1.33. The van der Waals surface area contributed by atoms with Gasteiger partial charge in [-0.3, -0.25) is 0 Å². The van der Waals surface area contributed by atoms with Crippen molar-refractivity contribution >= 4 is 5.69 Å². The van der Waals surface area contributed by atoms with Gasteiger partial charge in [0, 0.05) is 43.6 Å². The third-order valence-electron chi connectivity index (χ3n) is 3.35. The van der Waals surface area contributed by atoms with E-state index in [2.05, 4.69) is 4.90 Å². The first-order valence-electron chi connectivity index (χ1n) is 5.98. The van der Waals surface area contributed by atoms with Crippen LogP contribution in [0.2, 0.25) is 0 Å². The van der Waals surface area contributed by atoms with E-state index in [4.69, 9.17) is 10.5 Å². The van der Waals surface area contributed by atoms with E-state index in [0.717, 1.165) is 30.8 Å². The van der Waals surface area contributed by atoms with Crippen LogP contribution in [-0.4, -0.2) is 31.4 Å². The molecule has 1 aliphatic rings. The van der Waals surface area contributed by atoms with Crippen molar-refractivity contribution in [2.75, 3.05) is 25.1 Å². The molecule has 3 N–H and O–H groups in total. The Hall–Kier alpha value is -1.26. The highest BCUT2D eigenvalue weighted by molar-refractivity contribution is 5.54. The molecule has 0 amide bonds. The molecule has 0 aliphatic carbocycles. The van der Waals surface area contributed by atoms with Crippen molar-refractivity contribution in [2.24, 2.45) is 5.73 Å². The van der Waals surface area contributed by atoms with Crippen LogP contribution >= 0.6 is 0 Å². The lowest BCUT2D eigenvalue weighted by Crippen LogP contribution is -2.22. The number of ether oxygens (including phenoxy) is 1. The molecule has 0 bridgehead atoms. The lowest BCUT2D eigenvalue weighted by atomic mass is 10.1. The number of nitrogens with zero attached hydrogens (tertiary/aromatic N) is 1. The molecule has 94 valence electrons. The van der Waals surface area contributed by atoms with Crippen LogP contribution in [0.25, 0.3) is 0 Å². The first-order valence-corrected chi connectivity index (χ1v) is 5.98. The smallest absolute Gasteiger partial charge is 0.122 e. The standard InChI is InChI=1S/C13H20N2O2/c1-9(14)12-4-3-10(7-13(12)16)15-6-5-11(8-15)17-2/h3-4,7,9,11,16H,5-6,8,14H2,1-2H3.